The van der Waals surface area contributed by atoms with Gasteiger partial charge in [-0.2, -0.15) is 0 Å². The first-order valence-electron chi connectivity index (χ1n) is 11.7. The zero-order valence-electron chi connectivity index (χ0n) is 18.9. The number of hydrogen-bond acceptors (Lipinski definition) is 0. The van der Waals surface area contributed by atoms with Gasteiger partial charge in [-0.15, -0.1) is 0 Å². The van der Waals surface area contributed by atoms with Gasteiger partial charge in [0.2, 0.25) is 0 Å². The lowest BCUT2D eigenvalue weighted by Gasteiger charge is -2.22. The molecule has 0 heterocycles. The van der Waals surface area contributed by atoms with Gasteiger partial charge >= 0.3 is 0 Å². The van der Waals surface area contributed by atoms with Gasteiger partial charge in [0.05, 0.1) is 0 Å². The molecule has 0 atom stereocenters. The van der Waals surface area contributed by atoms with E-state index in [-0.39, 0.29) is 5.41 Å². The van der Waals surface area contributed by atoms with Crippen LogP contribution < -0.4 is 0 Å². The van der Waals surface area contributed by atoms with Crippen LogP contribution in [0.1, 0.15) is 25.0 Å². The van der Waals surface area contributed by atoms with E-state index < -0.39 is 0 Å². The third-order valence-corrected chi connectivity index (χ3v) is 7.64. The van der Waals surface area contributed by atoms with Crippen LogP contribution in [0.3, 0.4) is 0 Å². The fraction of sp³-hybridized carbons (Fsp3) is 0.0909. The molecule has 0 bridgehead atoms. The average molecular weight is 421 g/mol. The topological polar surface area (TPSA) is 0 Å². The molecule has 0 fully saturated rings. The Kier molecular flexibility index (Phi) is 3.71. The van der Waals surface area contributed by atoms with E-state index in [1.54, 1.807) is 0 Å². The Hall–Kier alpha value is -3.90. The minimum Gasteiger partial charge on any atom is -0.0619 e. The number of fused-ring (bicyclic) bond motifs is 8. The largest absolute Gasteiger partial charge is 0.0619 e. The van der Waals surface area contributed by atoms with Crippen molar-refractivity contribution in [2.45, 2.75) is 19.3 Å². The molecule has 0 amide bonds. The van der Waals surface area contributed by atoms with Crippen molar-refractivity contribution in [3.63, 3.8) is 0 Å². The van der Waals surface area contributed by atoms with Crippen molar-refractivity contribution in [1.29, 1.82) is 0 Å². The van der Waals surface area contributed by atoms with Crippen LogP contribution in [0.2, 0.25) is 0 Å². The standard InChI is InChI=1S/C33H24/c1-33(2)30-10-6-5-9-28(30)29-18-16-24(20-31(29)33)23-15-17-27-25(19-23)14-13-22-12-11-21-7-3-4-8-26(21)32(22)27/h3-20H,1-2H3. The molecule has 1 aliphatic carbocycles. The maximum absolute atomic E-state index is 2.41. The van der Waals surface area contributed by atoms with Crippen LogP contribution in [0.4, 0.5) is 0 Å². The maximum atomic E-state index is 2.41. The molecular formula is C33H24. The number of benzene rings is 6. The van der Waals surface area contributed by atoms with Crippen molar-refractivity contribution < 1.29 is 0 Å². The number of hydrogen-bond donors (Lipinski definition) is 0. The summed E-state index contributed by atoms with van der Waals surface area (Å²) in [4.78, 5) is 0. The van der Waals surface area contributed by atoms with Gasteiger partial charge in [0.15, 0.2) is 0 Å². The number of rotatable bonds is 1. The Balaban J connectivity index is 1.42. The Morgan fingerprint density at radius 2 is 1.09 bits per heavy atom. The molecule has 33 heavy (non-hydrogen) atoms. The van der Waals surface area contributed by atoms with Gasteiger partial charge in [-0.25, -0.2) is 0 Å². The highest BCUT2D eigenvalue weighted by atomic mass is 14.4. The van der Waals surface area contributed by atoms with Crippen LogP contribution in [-0.4, -0.2) is 0 Å². The molecule has 0 N–H and O–H groups in total. The minimum atomic E-state index is 0.0217. The fourth-order valence-electron chi connectivity index (χ4n) is 5.90. The van der Waals surface area contributed by atoms with E-state index in [1.165, 1.54) is 65.7 Å². The van der Waals surface area contributed by atoms with Crippen molar-refractivity contribution >= 4 is 32.3 Å². The fourth-order valence-corrected chi connectivity index (χ4v) is 5.90. The summed E-state index contributed by atoms with van der Waals surface area (Å²) < 4.78 is 0. The third kappa shape index (κ3) is 2.58. The Morgan fingerprint density at radius 3 is 2.00 bits per heavy atom. The van der Waals surface area contributed by atoms with Gasteiger partial charge in [-0.05, 0) is 77.8 Å². The summed E-state index contributed by atoms with van der Waals surface area (Å²) in [6.45, 7) is 4.69. The first kappa shape index (κ1) is 18.7. The van der Waals surface area contributed by atoms with Gasteiger partial charge in [-0.3, -0.25) is 0 Å². The second-order valence-corrected chi connectivity index (χ2v) is 9.82. The summed E-state index contributed by atoms with van der Waals surface area (Å²) in [7, 11) is 0. The normalized spacial score (nSPS) is 14.0. The van der Waals surface area contributed by atoms with E-state index in [0.717, 1.165) is 0 Å². The molecule has 7 rings (SSSR count). The van der Waals surface area contributed by atoms with Crippen LogP contribution in [-0.2, 0) is 5.41 Å². The quantitative estimate of drug-likeness (QED) is 0.233. The molecule has 0 radical (unpaired) electrons. The van der Waals surface area contributed by atoms with Crippen molar-refractivity contribution in [3.05, 3.63) is 120 Å². The summed E-state index contributed by atoms with van der Waals surface area (Å²) in [6.07, 6.45) is 0. The van der Waals surface area contributed by atoms with Crippen molar-refractivity contribution in [3.8, 4) is 22.3 Å². The van der Waals surface area contributed by atoms with Crippen LogP contribution >= 0.6 is 0 Å². The lowest BCUT2D eigenvalue weighted by Crippen LogP contribution is -2.14. The van der Waals surface area contributed by atoms with E-state index in [4.69, 9.17) is 0 Å². The molecule has 6 aromatic rings. The Bertz CT molecular complexity index is 1730. The molecule has 6 aromatic carbocycles. The molecule has 0 nitrogen and oxygen atoms in total. The monoisotopic (exact) mass is 420 g/mol. The van der Waals surface area contributed by atoms with Gasteiger partial charge < -0.3 is 0 Å². The van der Waals surface area contributed by atoms with E-state index in [9.17, 15) is 0 Å². The predicted molar refractivity (Wildman–Crippen MR) is 142 cm³/mol. The molecule has 0 saturated heterocycles. The van der Waals surface area contributed by atoms with Crippen molar-refractivity contribution in [2.75, 3.05) is 0 Å². The van der Waals surface area contributed by atoms with E-state index >= 15 is 0 Å². The minimum absolute atomic E-state index is 0.0217. The first-order valence-corrected chi connectivity index (χ1v) is 11.7. The van der Waals surface area contributed by atoms with E-state index in [2.05, 4.69) is 123 Å². The maximum Gasteiger partial charge on any atom is 0.0159 e. The Labute approximate surface area is 194 Å². The second kappa shape index (κ2) is 6.56. The SMILES string of the molecule is CC1(C)c2ccccc2-c2ccc(-c3ccc4c(ccc5ccc6ccccc6c54)c3)cc21. The molecule has 0 aliphatic heterocycles. The summed E-state index contributed by atoms with van der Waals surface area (Å²) in [6, 6.07) is 40.5. The molecule has 0 heteroatoms. The highest BCUT2D eigenvalue weighted by Gasteiger charge is 2.35. The molecule has 0 aromatic heterocycles. The van der Waals surface area contributed by atoms with Gasteiger partial charge in [0.1, 0.15) is 0 Å². The smallest absolute Gasteiger partial charge is 0.0159 e. The van der Waals surface area contributed by atoms with Crippen LogP contribution in [0.5, 0.6) is 0 Å². The first-order chi connectivity index (χ1) is 16.1. The van der Waals surface area contributed by atoms with E-state index in [1.807, 2.05) is 0 Å². The summed E-state index contributed by atoms with van der Waals surface area (Å²) in [5.41, 5.74) is 8.18. The average Bonchev–Trinajstić information content (AvgIpc) is 3.10. The molecule has 1 aliphatic rings. The molecule has 0 spiro atoms. The zero-order chi connectivity index (χ0) is 22.2. The van der Waals surface area contributed by atoms with E-state index in [0.29, 0.717) is 0 Å². The second-order valence-electron chi connectivity index (χ2n) is 9.82. The van der Waals surface area contributed by atoms with Crippen LogP contribution in [0.25, 0.3) is 54.6 Å². The molecule has 156 valence electrons. The lowest BCUT2D eigenvalue weighted by molar-refractivity contribution is 0.660. The van der Waals surface area contributed by atoms with Crippen molar-refractivity contribution in [2.24, 2.45) is 0 Å². The van der Waals surface area contributed by atoms with Crippen LogP contribution in [0.15, 0.2) is 109 Å². The molecule has 0 unspecified atom stereocenters. The third-order valence-electron chi connectivity index (χ3n) is 7.64. The summed E-state index contributed by atoms with van der Waals surface area (Å²) in [5.74, 6) is 0. The molecule has 0 saturated carbocycles. The highest BCUT2D eigenvalue weighted by Crippen LogP contribution is 2.49. The predicted octanol–water partition coefficient (Wildman–Crippen LogP) is 9.12. The van der Waals surface area contributed by atoms with Gasteiger partial charge in [-0.1, -0.05) is 111 Å². The zero-order valence-corrected chi connectivity index (χ0v) is 18.9. The summed E-state index contributed by atoms with van der Waals surface area (Å²) in [5, 5.41) is 7.88. The lowest BCUT2D eigenvalue weighted by atomic mass is 9.81. The van der Waals surface area contributed by atoms with Crippen molar-refractivity contribution in [1.82, 2.24) is 0 Å². The highest BCUT2D eigenvalue weighted by molar-refractivity contribution is 6.20. The van der Waals surface area contributed by atoms with Crippen LogP contribution in [0, 0.1) is 0 Å². The summed E-state index contributed by atoms with van der Waals surface area (Å²) >= 11 is 0. The molecular weight excluding hydrogens is 396 g/mol. The van der Waals surface area contributed by atoms with Gasteiger partial charge in [0.25, 0.3) is 0 Å². The van der Waals surface area contributed by atoms with Gasteiger partial charge in [0, 0.05) is 5.41 Å². The Morgan fingerprint density at radius 1 is 0.455 bits per heavy atom.